The van der Waals surface area contributed by atoms with Crippen molar-refractivity contribution in [2.45, 2.75) is 38.0 Å². The Morgan fingerprint density at radius 1 is 1.59 bits per heavy atom. The maximum atomic E-state index is 11.7. The zero-order valence-corrected chi connectivity index (χ0v) is 9.70. The number of aliphatic hydroxyl groups excluding tert-OH is 1. The van der Waals surface area contributed by atoms with Crippen LogP contribution in [0.5, 0.6) is 0 Å². The van der Waals surface area contributed by atoms with E-state index in [9.17, 15) is 14.7 Å². The summed E-state index contributed by atoms with van der Waals surface area (Å²) in [7, 11) is 0. The Labute approximate surface area is 99.5 Å². The third-order valence-corrected chi connectivity index (χ3v) is 2.49. The lowest BCUT2D eigenvalue weighted by atomic mass is 10.1. The number of rotatable bonds is 6. The molecule has 2 atom stereocenters. The monoisotopic (exact) mass is 243 g/mol. The van der Waals surface area contributed by atoms with Gasteiger partial charge in [-0.25, -0.2) is 9.59 Å². The van der Waals surface area contributed by atoms with Crippen molar-refractivity contribution in [1.29, 1.82) is 0 Å². The van der Waals surface area contributed by atoms with E-state index in [1.54, 1.807) is 0 Å². The second-order valence-electron chi connectivity index (χ2n) is 4.03. The average Bonchev–Trinajstić information content (AvgIpc) is 3.04. The Morgan fingerprint density at radius 2 is 2.18 bits per heavy atom. The molecule has 1 saturated carbocycles. The molecule has 0 radical (unpaired) electrons. The van der Waals surface area contributed by atoms with Crippen LogP contribution in [0.3, 0.4) is 0 Å². The Hall–Kier alpha value is -1.56. The molecule has 6 heteroatoms. The highest BCUT2D eigenvalue weighted by atomic mass is 16.6. The predicted molar refractivity (Wildman–Crippen MR) is 59.5 cm³/mol. The van der Waals surface area contributed by atoms with Gasteiger partial charge in [-0.05, 0) is 19.8 Å². The first kappa shape index (κ1) is 13.5. The van der Waals surface area contributed by atoms with Crippen LogP contribution >= 0.6 is 0 Å². The molecule has 0 heterocycles. The molecule has 0 aromatic heterocycles. The molecule has 0 saturated heterocycles. The maximum Gasteiger partial charge on any atom is 0.411 e. The summed E-state index contributed by atoms with van der Waals surface area (Å²) in [4.78, 5) is 23.9. The highest BCUT2D eigenvalue weighted by Crippen LogP contribution is 2.30. The van der Waals surface area contributed by atoms with Crippen LogP contribution in [-0.4, -0.2) is 52.0 Å². The van der Waals surface area contributed by atoms with Crippen LogP contribution in [0.4, 0.5) is 4.79 Å². The number of nitrogens with zero attached hydrogens (tertiary/aromatic N) is 1. The van der Waals surface area contributed by atoms with E-state index in [0.29, 0.717) is 0 Å². The molecule has 6 nitrogen and oxygen atoms in total. The number of carboxylic acids is 1. The van der Waals surface area contributed by atoms with Crippen molar-refractivity contribution in [3.05, 3.63) is 12.7 Å². The smallest absolute Gasteiger partial charge is 0.411 e. The van der Waals surface area contributed by atoms with Crippen LogP contribution in [0.1, 0.15) is 19.8 Å². The van der Waals surface area contributed by atoms with E-state index in [-0.39, 0.29) is 12.6 Å². The van der Waals surface area contributed by atoms with Crippen molar-refractivity contribution >= 4 is 12.1 Å². The normalized spacial score (nSPS) is 18.0. The van der Waals surface area contributed by atoms with Gasteiger partial charge < -0.3 is 14.9 Å². The fourth-order valence-corrected chi connectivity index (χ4v) is 1.60. The van der Waals surface area contributed by atoms with Gasteiger partial charge in [0.05, 0.1) is 6.10 Å². The summed E-state index contributed by atoms with van der Waals surface area (Å²) in [5, 5.41) is 18.5. The van der Waals surface area contributed by atoms with Crippen molar-refractivity contribution in [2.24, 2.45) is 0 Å². The van der Waals surface area contributed by atoms with Gasteiger partial charge in [0.15, 0.2) is 6.04 Å². The van der Waals surface area contributed by atoms with Crippen molar-refractivity contribution in [3.8, 4) is 0 Å². The zero-order valence-electron chi connectivity index (χ0n) is 9.70. The molecule has 0 aliphatic heterocycles. The molecule has 2 N–H and O–H groups in total. The lowest BCUT2D eigenvalue weighted by Crippen LogP contribution is -2.52. The third kappa shape index (κ3) is 3.45. The molecule has 0 unspecified atom stereocenters. The first-order valence-electron chi connectivity index (χ1n) is 5.46. The summed E-state index contributed by atoms with van der Waals surface area (Å²) in [5.41, 5.74) is 0. The van der Waals surface area contributed by atoms with Gasteiger partial charge in [-0.1, -0.05) is 12.7 Å². The lowest BCUT2D eigenvalue weighted by Gasteiger charge is -2.29. The number of hydrogen-bond donors (Lipinski definition) is 2. The van der Waals surface area contributed by atoms with Crippen molar-refractivity contribution < 1.29 is 24.5 Å². The zero-order chi connectivity index (χ0) is 13.0. The van der Waals surface area contributed by atoms with E-state index in [1.165, 1.54) is 13.0 Å². The molecule has 1 aliphatic rings. The van der Waals surface area contributed by atoms with E-state index in [0.717, 1.165) is 17.7 Å². The van der Waals surface area contributed by atoms with Crippen molar-refractivity contribution in [1.82, 2.24) is 4.90 Å². The van der Waals surface area contributed by atoms with E-state index in [4.69, 9.17) is 9.84 Å². The molecule has 1 aliphatic carbocycles. The lowest BCUT2D eigenvalue weighted by molar-refractivity contribution is -0.146. The van der Waals surface area contributed by atoms with E-state index < -0.39 is 24.2 Å². The summed E-state index contributed by atoms with van der Waals surface area (Å²) in [6.45, 7) is 4.77. The molecule has 17 heavy (non-hydrogen) atoms. The SMILES string of the molecule is C=CCOC(=O)N(C1CC1)[C@H](C(=O)O)[C@@H](C)O. The fourth-order valence-electron chi connectivity index (χ4n) is 1.60. The second kappa shape index (κ2) is 5.67. The number of aliphatic carboxylic acids is 1. The van der Waals surface area contributed by atoms with Gasteiger partial charge in [-0.2, -0.15) is 0 Å². The first-order valence-corrected chi connectivity index (χ1v) is 5.46. The van der Waals surface area contributed by atoms with E-state index >= 15 is 0 Å². The summed E-state index contributed by atoms with van der Waals surface area (Å²) in [5.74, 6) is -1.23. The van der Waals surface area contributed by atoms with Crippen molar-refractivity contribution in [3.63, 3.8) is 0 Å². The minimum atomic E-state index is -1.26. The van der Waals surface area contributed by atoms with Gasteiger partial charge in [-0.15, -0.1) is 0 Å². The van der Waals surface area contributed by atoms with Crippen LogP contribution in [-0.2, 0) is 9.53 Å². The number of aliphatic hydroxyl groups is 1. The Balaban J connectivity index is 2.78. The minimum absolute atomic E-state index is 0.0220. The van der Waals surface area contributed by atoms with Gasteiger partial charge in [0.25, 0.3) is 0 Å². The minimum Gasteiger partial charge on any atom is -0.480 e. The standard InChI is InChI=1S/C11H17NO5/c1-3-6-17-11(16)12(8-4-5-8)9(7(2)13)10(14)15/h3,7-9,13H,1,4-6H2,2H3,(H,14,15)/t7-,9+/m1/s1. The fraction of sp³-hybridized carbons (Fsp3) is 0.636. The summed E-state index contributed by atoms with van der Waals surface area (Å²) >= 11 is 0. The van der Waals surface area contributed by atoms with Crippen LogP contribution in [0.15, 0.2) is 12.7 Å². The quantitative estimate of drug-likeness (QED) is 0.667. The molecule has 0 spiro atoms. The van der Waals surface area contributed by atoms with Crippen LogP contribution in [0, 0.1) is 0 Å². The van der Waals surface area contributed by atoms with Gasteiger partial charge in [0.2, 0.25) is 0 Å². The van der Waals surface area contributed by atoms with Crippen LogP contribution < -0.4 is 0 Å². The van der Waals surface area contributed by atoms with E-state index in [1.807, 2.05) is 0 Å². The summed E-state index contributed by atoms with van der Waals surface area (Å²) in [6.07, 6.45) is 1.01. The highest BCUT2D eigenvalue weighted by Gasteiger charge is 2.43. The Morgan fingerprint density at radius 3 is 2.53 bits per heavy atom. The van der Waals surface area contributed by atoms with Gasteiger partial charge >= 0.3 is 12.1 Å². The number of hydrogen-bond acceptors (Lipinski definition) is 4. The summed E-state index contributed by atoms with van der Waals surface area (Å²) < 4.78 is 4.83. The van der Waals surface area contributed by atoms with Gasteiger partial charge in [0, 0.05) is 6.04 Å². The molecule has 0 aromatic rings. The number of carbonyl (C=O) groups is 2. The average molecular weight is 243 g/mol. The topological polar surface area (TPSA) is 87.1 Å². The number of carboxylic acid groups (broad SMARTS) is 1. The molecule has 1 fully saturated rings. The highest BCUT2D eigenvalue weighted by molar-refractivity contribution is 5.81. The molecule has 1 amide bonds. The van der Waals surface area contributed by atoms with Gasteiger partial charge in [-0.3, -0.25) is 4.90 Å². The van der Waals surface area contributed by atoms with Crippen LogP contribution in [0.25, 0.3) is 0 Å². The molecule has 96 valence electrons. The van der Waals surface area contributed by atoms with E-state index in [2.05, 4.69) is 6.58 Å². The number of amides is 1. The Bertz CT molecular complexity index is 311. The molecular weight excluding hydrogens is 226 g/mol. The third-order valence-electron chi connectivity index (χ3n) is 2.49. The second-order valence-corrected chi connectivity index (χ2v) is 4.03. The molecule has 1 rings (SSSR count). The largest absolute Gasteiger partial charge is 0.480 e. The molecule has 0 bridgehead atoms. The van der Waals surface area contributed by atoms with Crippen LogP contribution in [0.2, 0.25) is 0 Å². The number of carbonyl (C=O) groups excluding carboxylic acids is 1. The first-order chi connectivity index (χ1) is 7.99. The Kier molecular flexibility index (Phi) is 4.51. The summed E-state index contributed by atoms with van der Waals surface area (Å²) in [6, 6.07) is -1.41. The maximum absolute atomic E-state index is 11.7. The van der Waals surface area contributed by atoms with Gasteiger partial charge in [0.1, 0.15) is 6.61 Å². The number of ether oxygens (including phenoxy) is 1. The predicted octanol–water partition coefficient (Wildman–Crippen LogP) is 0.607. The van der Waals surface area contributed by atoms with Crippen molar-refractivity contribution in [2.75, 3.05) is 6.61 Å². The molecule has 0 aromatic carbocycles. The molecular formula is C11H17NO5.